The molecule has 0 atom stereocenters. The van der Waals surface area contributed by atoms with Crippen molar-refractivity contribution in [1.29, 1.82) is 0 Å². The zero-order chi connectivity index (χ0) is 10.8. The first-order valence-electron chi connectivity index (χ1n) is 4.89. The van der Waals surface area contributed by atoms with Crippen LogP contribution in [0.4, 0.5) is 5.69 Å². The summed E-state index contributed by atoms with van der Waals surface area (Å²) in [6.45, 7) is 1.84. The molecule has 2 aromatic rings. The van der Waals surface area contributed by atoms with Gasteiger partial charge in [-0.3, -0.25) is 9.78 Å². The van der Waals surface area contributed by atoms with E-state index >= 15 is 0 Å². The third-order valence-electron chi connectivity index (χ3n) is 2.35. The minimum Gasteiger partial charge on any atom is -0.399 e. The van der Waals surface area contributed by atoms with Crippen molar-refractivity contribution in [3.63, 3.8) is 0 Å². The summed E-state index contributed by atoms with van der Waals surface area (Å²) in [5.41, 5.74) is 7.81. The van der Waals surface area contributed by atoms with Gasteiger partial charge in [-0.05, 0) is 18.2 Å². The van der Waals surface area contributed by atoms with E-state index in [-0.39, 0.29) is 5.78 Å². The molecular formula is C12H12N2O. The number of ketones is 1. The monoisotopic (exact) mass is 200 g/mol. The number of aromatic nitrogens is 1. The third kappa shape index (κ3) is 1.81. The second-order valence-corrected chi connectivity index (χ2v) is 3.45. The summed E-state index contributed by atoms with van der Waals surface area (Å²) in [7, 11) is 0. The largest absolute Gasteiger partial charge is 0.399 e. The Balaban J connectivity index is 2.57. The van der Waals surface area contributed by atoms with Crippen LogP contribution in [0.3, 0.4) is 0 Å². The van der Waals surface area contributed by atoms with Crippen molar-refractivity contribution < 1.29 is 4.79 Å². The highest BCUT2D eigenvalue weighted by Crippen LogP contribution is 2.17. The summed E-state index contributed by atoms with van der Waals surface area (Å²) < 4.78 is 0. The summed E-state index contributed by atoms with van der Waals surface area (Å²) in [5.74, 6) is 0.112. The lowest BCUT2D eigenvalue weighted by molar-refractivity contribution is 0.0988. The molecule has 0 saturated heterocycles. The number of anilines is 1. The van der Waals surface area contributed by atoms with Gasteiger partial charge in [0.15, 0.2) is 5.78 Å². The Morgan fingerprint density at radius 1 is 1.40 bits per heavy atom. The van der Waals surface area contributed by atoms with E-state index in [0.717, 1.165) is 10.9 Å². The van der Waals surface area contributed by atoms with Gasteiger partial charge in [-0.2, -0.15) is 0 Å². The fourth-order valence-electron chi connectivity index (χ4n) is 1.50. The number of benzene rings is 1. The molecule has 0 aliphatic rings. The molecule has 2 rings (SSSR count). The lowest BCUT2D eigenvalue weighted by Crippen LogP contribution is -1.97. The minimum atomic E-state index is 0.112. The fourth-order valence-corrected chi connectivity index (χ4v) is 1.50. The average Bonchev–Trinajstić information content (AvgIpc) is 2.27. The smallest absolute Gasteiger partial charge is 0.164 e. The van der Waals surface area contributed by atoms with Crippen LogP contribution in [-0.2, 0) is 0 Å². The minimum absolute atomic E-state index is 0.112. The maximum absolute atomic E-state index is 11.5. The number of Topliss-reactive ketones (excluding diaryl/α,β-unsaturated/α-hetero) is 1. The highest BCUT2D eigenvalue weighted by Gasteiger charge is 2.04. The summed E-state index contributed by atoms with van der Waals surface area (Å²) in [6, 6.07) is 7.34. The van der Waals surface area contributed by atoms with Crippen molar-refractivity contribution in [2.45, 2.75) is 13.3 Å². The Hall–Kier alpha value is -1.90. The van der Waals surface area contributed by atoms with Gasteiger partial charge in [0, 0.05) is 29.3 Å². The molecule has 76 valence electrons. The topological polar surface area (TPSA) is 56.0 Å². The Bertz CT molecular complexity index is 520. The lowest BCUT2D eigenvalue weighted by atomic mass is 10.1. The first-order chi connectivity index (χ1) is 7.20. The third-order valence-corrected chi connectivity index (χ3v) is 2.35. The highest BCUT2D eigenvalue weighted by atomic mass is 16.1. The van der Waals surface area contributed by atoms with E-state index in [0.29, 0.717) is 17.7 Å². The van der Waals surface area contributed by atoms with Crippen molar-refractivity contribution in [3.8, 4) is 0 Å². The first-order valence-corrected chi connectivity index (χ1v) is 4.89. The van der Waals surface area contributed by atoms with Gasteiger partial charge in [-0.15, -0.1) is 0 Å². The molecule has 0 amide bonds. The molecule has 1 aromatic heterocycles. The maximum Gasteiger partial charge on any atom is 0.164 e. The number of carbonyl (C=O) groups is 1. The molecule has 2 N–H and O–H groups in total. The maximum atomic E-state index is 11.5. The van der Waals surface area contributed by atoms with E-state index in [2.05, 4.69) is 4.98 Å². The predicted octanol–water partition coefficient (Wildman–Crippen LogP) is 2.41. The van der Waals surface area contributed by atoms with Gasteiger partial charge in [0.1, 0.15) is 0 Å². The Morgan fingerprint density at radius 3 is 2.93 bits per heavy atom. The molecule has 0 unspecified atom stereocenters. The molecule has 3 nitrogen and oxygen atoms in total. The highest BCUT2D eigenvalue weighted by molar-refractivity contribution is 5.98. The van der Waals surface area contributed by atoms with Gasteiger partial charge in [0.2, 0.25) is 0 Å². The number of hydrogen-bond acceptors (Lipinski definition) is 3. The molecule has 1 aromatic carbocycles. The number of nitrogens with zero attached hydrogens (tertiary/aromatic N) is 1. The second-order valence-electron chi connectivity index (χ2n) is 3.45. The summed E-state index contributed by atoms with van der Waals surface area (Å²) in [4.78, 5) is 15.7. The molecule has 0 aliphatic heterocycles. The molecule has 0 bridgehead atoms. The molecule has 0 saturated carbocycles. The van der Waals surface area contributed by atoms with Crippen LogP contribution in [0.15, 0.2) is 30.5 Å². The summed E-state index contributed by atoms with van der Waals surface area (Å²) >= 11 is 0. The number of pyridine rings is 1. The van der Waals surface area contributed by atoms with E-state index in [1.165, 1.54) is 0 Å². The van der Waals surface area contributed by atoms with Crippen molar-refractivity contribution in [3.05, 3.63) is 36.0 Å². The molecular weight excluding hydrogens is 188 g/mol. The molecule has 0 fully saturated rings. The van der Waals surface area contributed by atoms with Crippen LogP contribution in [0.5, 0.6) is 0 Å². The van der Waals surface area contributed by atoms with Crippen LogP contribution in [0, 0.1) is 0 Å². The number of nitrogen functional groups attached to an aromatic ring is 1. The zero-order valence-electron chi connectivity index (χ0n) is 8.53. The van der Waals surface area contributed by atoms with Crippen molar-refractivity contribution in [2.24, 2.45) is 0 Å². The van der Waals surface area contributed by atoms with Crippen molar-refractivity contribution in [2.75, 3.05) is 5.73 Å². The normalized spacial score (nSPS) is 10.5. The average molecular weight is 200 g/mol. The lowest BCUT2D eigenvalue weighted by Gasteiger charge is -2.01. The predicted molar refractivity (Wildman–Crippen MR) is 60.8 cm³/mol. The number of rotatable bonds is 2. The second kappa shape index (κ2) is 3.69. The van der Waals surface area contributed by atoms with E-state index < -0.39 is 0 Å². The molecule has 1 heterocycles. The Morgan fingerprint density at radius 2 is 2.20 bits per heavy atom. The van der Waals surface area contributed by atoms with Crippen molar-refractivity contribution >= 4 is 22.4 Å². The zero-order valence-corrected chi connectivity index (χ0v) is 8.53. The van der Waals surface area contributed by atoms with Crippen LogP contribution in [0.25, 0.3) is 10.9 Å². The van der Waals surface area contributed by atoms with Crippen LogP contribution in [-0.4, -0.2) is 10.8 Å². The Labute approximate surface area is 87.9 Å². The van der Waals surface area contributed by atoms with Crippen LogP contribution < -0.4 is 5.73 Å². The number of carbonyl (C=O) groups excluding carboxylic acids is 1. The van der Waals surface area contributed by atoms with Gasteiger partial charge in [0.05, 0.1) is 5.52 Å². The molecule has 0 radical (unpaired) electrons. The van der Waals surface area contributed by atoms with Gasteiger partial charge in [0.25, 0.3) is 0 Å². The number of nitrogens with two attached hydrogens (primary N) is 1. The SMILES string of the molecule is CCC(=O)c1cnc2cc(N)ccc2c1. The van der Waals surface area contributed by atoms with Crippen LogP contribution in [0.2, 0.25) is 0 Å². The van der Waals surface area contributed by atoms with Crippen molar-refractivity contribution in [1.82, 2.24) is 4.98 Å². The standard InChI is InChI=1S/C12H12N2O/c1-2-12(15)9-5-8-3-4-10(13)6-11(8)14-7-9/h3-7H,2,13H2,1H3. The Kier molecular flexibility index (Phi) is 2.37. The van der Waals surface area contributed by atoms with Gasteiger partial charge >= 0.3 is 0 Å². The van der Waals surface area contributed by atoms with Crippen LogP contribution >= 0.6 is 0 Å². The van der Waals surface area contributed by atoms with Gasteiger partial charge in [-0.25, -0.2) is 0 Å². The molecule has 15 heavy (non-hydrogen) atoms. The summed E-state index contributed by atoms with van der Waals surface area (Å²) in [6.07, 6.45) is 2.11. The van der Waals surface area contributed by atoms with E-state index in [1.807, 2.05) is 25.1 Å². The molecule has 0 aliphatic carbocycles. The molecule has 0 spiro atoms. The fraction of sp³-hybridized carbons (Fsp3) is 0.167. The van der Waals surface area contributed by atoms with E-state index in [4.69, 9.17) is 5.73 Å². The number of hydrogen-bond donors (Lipinski definition) is 1. The summed E-state index contributed by atoms with van der Waals surface area (Å²) in [5, 5.41) is 0.948. The van der Waals surface area contributed by atoms with Crippen LogP contribution in [0.1, 0.15) is 23.7 Å². The molecule has 3 heteroatoms. The number of fused-ring (bicyclic) bond motifs is 1. The van der Waals surface area contributed by atoms with E-state index in [9.17, 15) is 4.79 Å². The van der Waals surface area contributed by atoms with E-state index in [1.54, 1.807) is 12.3 Å². The van der Waals surface area contributed by atoms with Gasteiger partial charge in [-0.1, -0.05) is 13.0 Å². The first kappa shape index (κ1) is 9.65. The quantitative estimate of drug-likeness (QED) is 0.598. The van der Waals surface area contributed by atoms with Gasteiger partial charge < -0.3 is 5.73 Å².